The van der Waals surface area contributed by atoms with Gasteiger partial charge in [-0.3, -0.25) is 9.52 Å². The summed E-state index contributed by atoms with van der Waals surface area (Å²) in [6, 6.07) is 19.1. The number of phenols is 1. The van der Waals surface area contributed by atoms with E-state index in [1.807, 2.05) is 61.0 Å². The molecule has 0 aliphatic heterocycles. The van der Waals surface area contributed by atoms with Crippen LogP contribution in [-0.2, 0) is 46.2 Å². The molecule has 0 spiro atoms. The number of benzene rings is 3. The van der Waals surface area contributed by atoms with Crippen LogP contribution in [0.2, 0.25) is 0 Å². The van der Waals surface area contributed by atoms with Crippen molar-refractivity contribution in [1.29, 1.82) is 0 Å². The number of nitrogens with zero attached hydrogens (tertiary/aromatic N) is 1. The van der Waals surface area contributed by atoms with E-state index in [0.717, 1.165) is 45.3 Å². The Bertz CT molecular complexity index is 1380. The Kier molecular flexibility index (Phi) is 11.3. The maximum Gasteiger partial charge on any atom is 0.261 e. The van der Waals surface area contributed by atoms with Gasteiger partial charge in [-0.1, -0.05) is 49.9 Å². The molecule has 197 valence electrons. The predicted molar refractivity (Wildman–Crippen MR) is 151 cm³/mol. The number of phenolic OH excluding ortho intramolecular Hbond substituents is 1. The Labute approximate surface area is 254 Å². The molecule has 5 rings (SSSR count). The van der Waals surface area contributed by atoms with Crippen LogP contribution in [0.3, 0.4) is 0 Å². The number of methoxy groups -OCH3 is 1. The second kappa shape index (κ2) is 14.2. The first-order valence-electron chi connectivity index (χ1n) is 12.5. The van der Waals surface area contributed by atoms with E-state index in [9.17, 15) is 9.90 Å². The minimum Gasteiger partial charge on any atom is -0.675 e. The van der Waals surface area contributed by atoms with Crippen molar-refractivity contribution in [3.05, 3.63) is 94.8 Å². The molecule has 3 N–H and O–H groups in total. The molecule has 4 aromatic rings. The van der Waals surface area contributed by atoms with Crippen LogP contribution < -0.4 is 9.46 Å². The number of fused-ring (bicyclic) bond motifs is 1. The van der Waals surface area contributed by atoms with Crippen LogP contribution in [0.1, 0.15) is 52.7 Å². The topological polar surface area (TPSA) is 87.3 Å². The number of amides is 1. The number of aromatic hydroxyl groups is 1. The second-order valence-electron chi connectivity index (χ2n) is 9.45. The van der Waals surface area contributed by atoms with E-state index in [4.69, 9.17) is 10.5 Å². The van der Waals surface area contributed by atoms with Crippen molar-refractivity contribution in [1.82, 2.24) is 9.29 Å². The second-order valence-corrected chi connectivity index (χ2v) is 10.3. The maximum atomic E-state index is 12.7. The van der Waals surface area contributed by atoms with Gasteiger partial charge in [-0.05, 0) is 72.0 Å². The smallest absolute Gasteiger partial charge is 0.261 e. The summed E-state index contributed by atoms with van der Waals surface area (Å²) < 4.78 is 10.5. The fourth-order valence-corrected chi connectivity index (χ4v) is 5.29. The van der Waals surface area contributed by atoms with Crippen molar-refractivity contribution in [3.8, 4) is 11.5 Å². The molecule has 0 bridgehead atoms. The molecular weight excluding hydrogens is 571 g/mol. The van der Waals surface area contributed by atoms with Gasteiger partial charge < -0.3 is 20.1 Å². The van der Waals surface area contributed by atoms with Gasteiger partial charge in [-0.2, -0.15) is 0 Å². The van der Waals surface area contributed by atoms with E-state index < -0.39 is 0 Å². The van der Waals surface area contributed by atoms with Crippen LogP contribution in [-0.4, -0.2) is 28.7 Å². The zero-order valence-corrected chi connectivity index (χ0v) is 25.8. The van der Waals surface area contributed by atoms with Crippen molar-refractivity contribution in [2.45, 2.75) is 50.0 Å². The van der Waals surface area contributed by atoms with Crippen LogP contribution in [0, 0.1) is 6.92 Å². The summed E-state index contributed by atoms with van der Waals surface area (Å²) >= 11 is 1.31. The average Bonchev–Trinajstić information content (AvgIpc) is 3.50. The van der Waals surface area contributed by atoms with Crippen molar-refractivity contribution >= 4 is 28.8 Å². The normalized spacial score (nSPS) is 12.9. The maximum absolute atomic E-state index is 12.7. The van der Waals surface area contributed by atoms with Crippen LogP contribution in [0.5, 0.6) is 11.5 Å². The average molecular weight is 606 g/mol. The van der Waals surface area contributed by atoms with E-state index in [1.165, 1.54) is 24.8 Å². The summed E-state index contributed by atoms with van der Waals surface area (Å²) in [7, 11) is 3.59. The molecular formula is C30H34N3O3SY-. The molecule has 1 aliphatic rings. The van der Waals surface area contributed by atoms with Gasteiger partial charge in [0.05, 0.1) is 7.11 Å². The number of aryl methyl sites for hydroxylation is 2. The number of ether oxygens (including phenoxy) is 1. The number of carbonyl (C=O) groups is 1. The summed E-state index contributed by atoms with van der Waals surface area (Å²) in [5, 5.41) is 10.9. The van der Waals surface area contributed by atoms with Crippen LogP contribution in [0.15, 0.2) is 71.8 Å². The largest absolute Gasteiger partial charge is 0.675 e. The molecule has 6 nitrogen and oxygen atoms in total. The van der Waals surface area contributed by atoms with Gasteiger partial charge in [0, 0.05) is 73.7 Å². The number of rotatable bonds is 6. The minimum atomic E-state index is -0.173. The van der Waals surface area contributed by atoms with E-state index in [0.29, 0.717) is 23.8 Å². The van der Waals surface area contributed by atoms with Crippen LogP contribution in [0.25, 0.3) is 16.6 Å². The van der Waals surface area contributed by atoms with Crippen molar-refractivity contribution < 1.29 is 47.3 Å². The Hall–Kier alpha value is -2.32. The monoisotopic (exact) mass is 605 g/mol. The number of carbonyl (C=O) groups excluding carboxylic acids is 1. The zero-order chi connectivity index (χ0) is 26.4. The summed E-state index contributed by atoms with van der Waals surface area (Å²) in [4.78, 5) is 13.7. The number of hydrogen-bond acceptors (Lipinski definition) is 4. The van der Waals surface area contributed by atoms with Gasteiger partial charge in [0.25, 0.3) is 5.91 Å². The Morgan fingerprint density at radius 1 is 1.11 bits per heavy atom. The Morgan fingerprint density at radius 3 is 2.50 bits per heavy atom. The SMILES string of the molecule is COc1cc(C(=O)NSc2ccccc2C)ccc1Cc1cn(C)c2ccc(O)cc12.[NH-]C1CCCC1.[Y]. The van der Waals surface area contributed by atoms with E-state index in [1.54, 1.807) is 25.3 Å². The predicted octanol–water partition coefficient (Wildman–Crippen LogP) is 7.21. The Balaban J connectivity index is 0.000000504. The van der Waals surface area contributed by atoms with Gasteiger partial charge in [0.1, 0.15) is 11.5 Å². The standard InChI is InChI=1S/C25H24N2O3S.C5H10N.Y/c1-16-6-4-5-7-24(16)31-26-25(29)18-9-8-17(23(13-18)30-3)12-19-15-27(2)22-11-10-20(28)14-21(19)22;6-5-3-1-2-4-5;/h4-11,13-15,28H,12H2,1-3H3,(H,26,29);5-6H,1-4H2;/q;-1;. The molecule has 1 heterocycles. The summed E-state index contributed by atoms with van der Waals surface area (Å²) in [5.74, 6) is 0.726. The van der Waals surface area contributed by atoms with Crippen molar-refractivity contribution in [2.24, 2.45) is 7.05 Å². The molecule has 1 saturated carbocycles. The molecule has 1 aromatic heterocycles. The fraction of sp³-hybridized carbons (Fsp3) is 0.300. The Morgan fingerprint density at radius 2 is 1.84 bits per heavy atom. The molecule has 1 amide bonds. The van der Waals surface area contributed by atoms with Gasteiger partial charge >= 0.3 is 0 Å². The zero-order valence-electron chi connectivity index (χ0n) is 22.2. The van der Waals surface area contributed by atoms with Gasteiger partial charge in [-0.15, -0.1) is 6.04 Å². The molecule has 0 unspecified atom stereocenters. The minimum absolute atomic E-state index is 0. The third-order valence-electron chi connectivity index (χ3n) is 6.69. The number of nitrogens with one attached hydrogen (secondary N) is 2. The van der Waals surface area contributed by atoms with Crippen LogP contribution in [0.4, 0.5) is 0 Å². The fourth-order valence-electron chi connectivity index (χ4n) is 4.60. The molecule has 38 heavy (non-hydrogen) atoms. The van der Waals surface area contributed by atoms with Gasteiger partial charge in [0.15, 0.2) is 0 Å². The summed E-state index contributed by atoms with van der Waals surface area (Å²) in [6.45, 7) is 2.01. The molecule has 3 aromatic carbocycles. The van der Waals surface area contributed by atoms with E-state index >= 15 is 0 Å². The van der Waals surface area contributed by atoms with Crippen molar-refractivity contribution in [2.75, 3.05) is 7.11 Å². The third kappa shape index (κ3) is 7.63. The summed E-state index contributed by atoms with van der Waals surface area (Å²) in [6.07, 6.45) is 7.59. The molecule has 1 aliphatic carbocycles. The summed E-state index contributed by atoms with van der Waals surface area (Å²) in [5.41, 5.74) is 11.9. The molecule has 0 atom stereocenters. The first-order valence-corrected chi connectivity index (χ1v) is 13.3. The van der Waals surface area contributed by atoms with Crippen LogP contribution >= 0.6 is 11.9 Å². The van der Waals surface area contributed by atoms with Gasteiger partial charge in [0.2, 0.25) is 0 Å². The van der Waals surface area contributed by atoms with Crippen molar-refractivity contribution in [3.63, 3.8) is 0 Å². The van der Waals surface area contributed by atoms with E-state index in [2.05, 4.69) is 10.9 Å². The number of hydrogen-bond donors (Lipinski definition) is 2. The molecule has 1 radical (unpaired) electrons. The molecule has 0 saturated heterocycles. The molecule has 8 heteroatoms. The quantitative estimate of drug-likeness (QED) is 0.228. The first kappa shape index (κ1) is 30.2. The first-order chi connectivity index (χ1) is 17.9. The third-order valence-corrected chi connectivity index (χ3v) is 7.65. The van der Waals surface area contributed by atoms with Gasteiger partial charge in [-0.25, -0.2) is 0 Å². The molecule has 1 fully saturated rings. The number of aromatic nitrogens is 1. The van der Waals surface area contributed by atoms with E-state index in [-0.39, 0.29) is 44.4 Å².